The lowest BCUT2D eigenvalue weighted by Gasteiger charge is -2.18. The van der Waals surface area contributed by atoms with Gasteiger partial charge < -0.3 is 10.1 Å². The van der Waals surface area contributed by atoms with E-state index in [1.807, 2.05) is 44.2 Å². The first-order valence-electron chi connectivity index (χ1n) is 5.57. The molecule has 0 spiro atoms. The molecule has 2 atom stereocenters. The Morgan fingerprint density at radius 3 is 2.50 bits per heavy atom. The standard InChI is InChI=1S/C13H19NO2/c1-4-10(2)14-13(15)12(16-3)11-8-6-5-7-9-11/h5-10,12H,4H2,1-3H3,(H,14,15)/t10-,12-/m0/s1. The predicted octanol–water partition coefficient (Wildman–Crippen LogP) is 2.29. The lowest BCUT2D eigenvalue weighted by molar-refractivity contribution is -0.132. The molecular weight excluding hydrogens is 202 g/mol. The van der Waals surface area contributed by atoms with Gasteiger partial charge in [0.1, 0.15) is 0 Å². The van der Waals surface area contributed by atoms with Crippen molar-refractivity contribution in [2.24, 2.45) is 0 Å². The Morgan fingerprint density at radius 1 is 1.38 bits per heavy atom. The van der Waals surface area contributed by atoms with E-state index in [4.69, 9.17) is 4.74 Å². The van der Waals surface area contributed by atoms with E-state index in [0.717, 1.165) is 12.0 Å². The molecule has 0 saturated carbocycles. The molecule has 1 aromatic rings. The van der Waals surface area contributed by atoms with Gasteiger partial charge in [-0.15, -0.1) is 0 Å². The van der Waals surface area contributed by atoms with Crippen LogP contribution in [-0.4, -0.2) is 19.1 Å². The van der Waals surface area contributed by atoms with Crippen LogP contribution < -0.4 is 5.32 Å². The van der Waals surface area contributed by atoms with Gasteiger partial charge in [0.05, 0.1) is 0 Å². The molecule has 0 unspecified atom stereocenters. The van der Waals surface area contributed by atoms with Gasteiger partial charge in [-0.05, 0) is 18.9 Å². The molecule has 16 heavy (non-hydrogen) atoms. The Kier molecular flexibility index (Phi) is 4.99. The summed E-state index contributed by atoms with van der Waals surface area (Å²) in [5, 5.41) is 2.92. The zero-order valence-electron chi connectivity index (χ0n) is 10.1. The van der Waals surface area contributed by atoms with E-state index in [0.29, 0.717) is 0 Å². The lowest BCUT2D eigenvalue weighted by Crippen LogP contribution is -2.36. The van der Waals surface area contributed by atoms with Crippen molar-refractivity contribution in [3.05, 3.63) is 35.9 Å². The highest BCUT2D eigenvalue weighted by Gasteiger charge is 2.20. The van der Waals surface area contributed by atoms with Crippen molar-refractivity contribution in [1.82, 2.24) is 5.32 Å². The van der Waals surface area contributed by atoms with E-state index in [1.165, 1.54) is 0 Å². The number of methoxy groups -OCH3 is 1. The molecule has 3 nitrogen and oxygen atoms in total. The average molecular weight is 221 g/mol. The van der Waals surface area contributed by atoms with Crippen molar-refractivity contribution < 1.29 is 9.53 Å². The largest absolute Gasteiger partial charge is 0.367 e. The van der Waals surface area contributed by atoms with Crippen molar-refractivity contribution >= 4 is 5.91 Å². The number of carbonyl (C=O) groups is 1. The molecule has 88 valence electrons. The van der Waals surface area contributed by atoms with Crippen molar-refractivity contribution in [1.29, 1.82) is 0 Å². The number of hydrogen-bond donors (Lipinski definition) is 1. The van der Waals surface area contributed by atoms with Gasteiger partial charge in [0.2, 0.25) is 0 Å². The normalized spacial score (nSPS) is 14.2. The highest BCUT2D eigenvalue weighted by molar-refractivity contribution is 5.82. The van der Waals surface area contributed by atoms with Crippen LogP contribution in [0.2, 0.25) is 0 Å². The molecule has 0 heterocycles. The van der Waals surface area contributed by atoms with Crippen LogP contribution in [0.15, 0.2) is 30.3 Å². The Labute approximate surface area is 96.8 Å². The van der Waals surface area contributed by atoms with Crippen LogP contribution >= 0.6 is 0 Å². The van der Waals surface area contributed by atoms with Crippen LogP contribution in [0.4, 0.5) is 0 Å². The number of nitrogens with one attached hydrogen (secondary N) is 1. The van der Waals surface area contributed by atoms with Crippen LogP contribution in [0.1, 0.15) is 31.9 Å². The van der Waals surface area contributed by atoms with E-state index < -0.39 is 6.10 Å². The quantitative estimate of drug-likeness (QED) is 0.828. The Balaban J connectivity index is 2.71. The average Bonchev–Trinajstić information content (AvgIpc) is 2.31. The van der Waals surface area contributed by atoms with Gasteiger partial charge in [-0.2, -0.15) is 0 Å². The smallest absolute Gasteiger partial charge is 0.253 e. The summed E-state index contributed by atoms with van der Waals surface area (Å²) in [6, 6.07) is 9.68. The molecule has 0 fully saturated rings. The van der Waals surface area contributed by atoms with Crippen LogP contribution in [0.25, 0.3) is 0 Å². The minimum atomic E-state index is -0.518. The van der Waals surface area contributed by atoms with Gasteiger partial charge in [-0.3, -0.25) is 4.79 Å². The van der Waals surface area contributed by atoms with Crippen molar-refractivity contribution in [3.63, 3.8) is 0 Å². The zero-order chi connectivity index (χ0) is 12.0. The molecule has 0 bridgehead atoms. The van der Waals surface area contributed by atoms with Crippen LogP contribution in [-0.2, 0) is 9.53 Å². The van der Waals surface area contributed by atoms with Gasteiger partial charge in [0.25, 0.3) is 5.91 Å². The lowest BCUT2D eigenvalue weighted by atomic mass is 10.1. The molecule has 1 rings (SSSR count). The topological polar surface area (TPSA) is 38.3 Å². The van der Waals surface area contributed by atoms with Crippen LogP contribution in [0.5, 0.6) is 0 Å². The fraction of sp³-hybridized carbons (Fsp3) is 0.462. The van der Waals surface area contributed by atoms with E-state index in [2.05, 4.69) is 5.32 Å². The second kappa shape index (κ2) is 6.28. The third-order valence-electron chi connectivity index (χ3n) is 2.58. The zero-order valence-corrected chi connectivity index (χ0v) is 10.1. The van der Waals surface area contributed by atoms with E-state index >= 15 is 0 Å². The minimum absolute atomic E-state index is 0.0805. The number of hydrogen-bond acceptors (Lipinski definition) is 2. The second-order valence-corrected chi connectivity index (χ2v) is 3.84. The maximum absolute atomic E-state index is 11.9. The Hall–Kier alpha value is -1.35. The van der Waals surface area contributed by atoms with Gasteiger partial charge in [0.15, 0.2) is 6.10 Å². The molecule has 0 aliphatic heterocycles. The number of carbonyl (C=O) groups excluding carboxylic acids is 1. The number of benzene rings is 1. The molecule has 0 radical (unpaired) electrons. The molecule has 3 heteroatoms. The summed E-state index contributed by atoms with van der Waals surface area (Å²) in [6.45, 7) is 4.02. The molecule has 0 saturated heterocycles. The van der Waals surface area contributed by atoms with Gasteiger partial charge >= 0.3 is 0 Å². The number of ether oxygens (including phenoxy) is 1. The summed E-state index contributed by atoms with van der Waals surface area (Å²) in [6.07, 6.45) is 0.395. The summed E-state index contributed by atoms with van der Waals surface area (Å²) >= 11 is 0. The fourth-order valence-corrected chi connectivity index (χ4v) is 1.44. The highest BCUT2D eigenvalue weighted by atomic mass is 16.5. The van der Waals surface area contributed by atoms with Crippen LogP contribution in [0, 0.1) is 0 Å². The van der Waals surface area contributed by atoms with Gasteiger partial charge in [-0.1, -0.05) is 37.3 Å². The third kappa shape index (κ3) is 3.35. The summed E-state index contributed by atoms with van der Waals surface area (Å²) in [5.74, 6) is -0.0805. The van der Waals surface area contributed by atoms with Gasteiger partial charge in [0, 0.05) is 13.2 Å². The molecule has 1 amide bonds. The first-order chi connectivity index (χ1) is 7.69. The number of rotatable bonds is 5. The van der Waals surface area contributed by atoms with Crippen molar-refractivity contribution in [3.8, 4) is 0 Å². The summed E-state index contributed by atoms with van der Waals surface area (Å²) in [4.78, 5) is 11.9. The molecule has 0 aromatic heterocycles. The number of amides is 1. The predicted molar refractivity (Wildman–Crippen MR) is 64.1 cm³/mol. The molecule has 0 aliphatic carbocycles. The molecule has 1 aromatic carbocycles. The van der Waals surface area contributed by atoms with Gasteiger partial charge in [-0.25, -0.2) is 0 Å². The van der Waals surface area contributed by atoms with Crippen LogP contribution in [0.3, 0.4) is 0 Å². The Morgan fingerprint density at radius 2 is 2.00 bits per heavy atom. The first-order valence-corrected chi connectivity index (χ1v) is 5.57. The minimum Gasteiger partial charge on any atom is -0.367 e. The SMILES string of the molecule is CC[C@H](C)NC(=O)[C@@H](OC)c1ccccc1. The molecule has 1 N–H and O–H groups in total. The third-order valence-corrected chi connectivity index (χ3v) is 2.58. The summed E-state index contributed by atoms with van der Waals surface area (Å²) in [5.41, 5.74) is 0.880. The molecular formula is C13H19NO2. The molecule has 0 aliphatic rings. The Bertz CT molecular complexity index is 324. The van der Waals surface area contributed by atoms with E-state index in [-0.39, 0.29) is 11.9 Å². The van der Waals surface area contributed by atoms with Crippen molar-refractivity contribution in [2.45, 2.75) is 32.4 Å². The fourth-order valence-electron chi connectivity index (χ4n) is 1.44. The maximum Gasteiger partial charge on any atom is 0.253 e. The van der Waals surface area contributed by atoms with E-state index in [9.17, 15) is 4.79 Å². The van der Waals surface area contributed by atoms with E-state index in [1.54, 1.807) is 7.11 Å². The monoisotopic (exact) mass is 221 g/mol. The summed E-state index contributed by atoms with van der Waals surface area (Å²) in [7, 11) is 1.55. The van der Waals surface area contributed by atoms with Crippen molar-refractivity contribution in [2.75, 3.05) is 7.11 Å². The highest BCUT2D eigenvalue weighted by Crippen LogP contribution is 2.16. The first kappa shape index (κ1) is 12.7. The summed E-state index contributed by atoms with van der Waals surface area (Å²) < 4.78 is 5.23. The second-order valence-electron chi connectivity index (χ2n) is 3.84. The maximum atomic E-state index is 11.9.